The molecular weight excluding hydrogens is 496 g/mol. The maximum absolute atomic E-state index is 13.3. The van der Waals surface area contributed by atoms with E-state index in [0.29, 0.717) is 57.5 Å². The van der Waals surface area contributed by atoms with Crippen LogP contribution in [0.25, 0.3) is 0 Å². The predicted molar refractivity (Wildman–Crippen MR) is 148 cm³/mol. The van der Waals surface area contributed by atoms with Gasteiger partial charge in [0.15, 0.2) is 0 Å². The van der Waals surface area contributed by atoms with Gasteiger partial charge in [-0.3, -0.25) is 19.3 Å². The molecule has 0 saturated carbocycles. The molecule has 3 amide bonds. The number of aromatic hydroxyl groups is 2. The van der Waals surface area contributed by atoms with Crippen molar-refractivity contribution >= 4 is 17.7 Å². The van der Waals surface area contributed by atoms with Gasteiger partial charge in [0.2, 0.25) is 11.8 Å². The third-order valence-electron chi connectivity index (χ3n) is 7.62. The topological polar surface area (TPSA) is 113 Å². The van der Waals surface area contributed by atoms with Crippen LogP contribution in [-0.4, -0.2) is 75.4 Å². The number of piperazine rings is 1. The molecule has 2 heterocycles. The number of nitrogens with zero attached hydrogens (tertiary/aromatic N) is 3. The van der Waals surface area contributed by atoms with Crippen molar-refractivity contribution in [3.63, 3.8) is 0 Å². The van der Waals surface area contributed by atoms with Crippen LogP contribution in [0, 0.1) is 0 Å². The van der Waals surface area contributed by atoms with E-state index in [1.165, 1.54) is 11.6 Å². The number of hydrogen-bond donors (Lipinski definition) is 3. The Morgan fingerprint density at radius 1 is 0.923 bits per heavy atom. The summed E-state index contributed by atoms with van der Waals surface area (Å²) in [6.45, 7) is 10.9. The summed E-state index contributed by atoms with van der Waals surface area (Å²) in [6, 6.07) is 9.18. The van der Waals surface area contributed by atoms with Crippen LogP contribution in [0.2, 0.25) is 0 Å². The van der Waals surface area contributed by atoms with E-state index in [1.54, 1.807) is 11.0 Å². The number of carbonyl (C=O) groups excluding carboxylic acids is 3. The molecule has 1 fully saturated rings. The Labute approximate surface area is 230 Å². The van der Waals surface area contributed by atoms with Gasteiger partial charge in [-0.05, 0) is 40.7 Å². The molecule has 2 aromatic carbocycles. The summed E-state index contributed by atoms with van der Waals surface area (Å²) in [5, 5.41) is 23.3. The van der Waals surface area contributed by atoms with Crippen molar-refractivity contribution in [2.45, 2.75) is 65.6 Å². The molecule has 0 unspecified atom stereocenters. The van der Waals surface area contributed by atoms with Gasteiger partial charge in [0.1, 0.15) is 11.5 Å². The maximum Gasteiger partial charge on any atom is 0.258 e. The summed E-state index contributed by atoms with van der Waals surface area (Å²) in [5.74, 6) is -0.284. The smallest absolute Gasteiger partial charge is 0.258 e. The van der Waals surface area contributed by atoms with Crippen molar-refractivity contribution in [1.29, 1.82) is 0 Å². The minimum absolute atomic E-state index is 0.00370. The van der Waals surface area contributed by atoms with Crippen molar-refractivity contribution in [2.75, 3.05) is 32.7 Å². The molecule has 3 N–H and O–H groups in total. The number of benzene rings is 2. The molecule has 0 atom stereocenters. The highest BCUT2D eigenvalue weighted by molar-refractivity contribution is 5.97. The molecule has 9 nitrogen and oxygen atoms in total. The fourth-order valence-electron chi connectivity index (χ4n) is 5.25. The van der Waals surface area contributed by atoms with Crippen LogP contribution in [0.15, 0.2) is 30.3 Å². The van der Waals surface area contributed by atoms with Crippen molar-refractivity contribution in [3.05, 3.63) is 58.1 Å². The van der Waals surface area contributed by atoms with Crippen LogP contribution < -0.4 is 5.32 Å². The lowest BCUT2D eigenvalue weighted by molar-refractivity contribution is -0.133. The molecule has 0 aliphatic carbocycles. The van der Waals surface area contributed by atoms with Gasteiger partial charge < -0.3 is 25.3 Å². The van der Waals surface area contributed by atoms with E-state index in [1.807, 2.05) is 25.7 Å². The summed E-state index contributed by atoms with van der Waals surface area (Å²) >= 11 is 0. The quantitative estimate of drug-likeness (QED) is 0.424. The Hall–Kier alpha value is -3.59. The third-order valence-corrected chi connectivity index (χ3v) is 7.62. The Morgan fingerprint density at radius 2 is 1.64 bits per heavy atom. The molecule has 1 saturated heterocycles. The molecule has 0 spiro atoms. The zero-order chi connectivity index (χ0) is 28.1. The summed E-state index contributed by atoms with van der Waals surface area (Å²) < 4.78 is 0. The van der Waals surface area contributed by atoms with Crippen molar-refractivity contribution in [1.82, 2.24) is 20.0 Å². The highest BCUT2D eigenvalue weighted by atomic mass is 16.3. The van der Waals surface area contributed by atoms with Crippen LogP contribution in [0.4, 0.5) is 0 Å². The molecule has 39 heavy (non-hydrogen) atoms. The monoisotopic (exact) mass is 536 g/mol. The van der Waals surface area contributed by atoms with Gasteiger partial charge in [0.25, 0.3) is 5.91 Å². The predicted octanol–water partition coefficient (Wildman–Crippen LogP) is 3.33. The molecule has 2 aromatic rings. The van der Waals surface area contributed by atoms with Crippen LogP contribution >= 0.6 is 0 Å². The van der Waals surface area contributed by atoms with Gasteiger partial charge in [-0.2, -0.15) is 0 Å². The van der Waals surface area contributed by atoms with E-state index >= 15 is 0 Å². The van der Waals surface area contributed by atoms with Crippen LogP contribution in [-0.2, 0) is 29.2 Å². The Balaban J connectivity index is 1.28. The first kappa shape index (κ1) is 28.4. The number of carbonyl (C=O) groups is 3. The van der Waals surface area contributed by atoms with Crippen LogP contribution in [0.5, 0.6) is 11.5 Å². The van der Waals surface area contributed by atoms with Crippen LogP contribution in [0.1, 0.15) is 78.6 Å². The highest BCUT2D eigenvalue weighted by Crippen LogP contribution is 2.34. The lowest BCUT2D eigenvalue weighted by atomic mass is 9.98. The van der Waals surface area contributed by atoms with Crippen molar-refractivity contribution in [3.8, 4) is 11.5 Å². The Morgan fingerprint density at radius 3 is 2.33 bits per heavy atom. The van der Waals surface area contributed by atoms with E-state index in [4.69, 9.17) is 0 Å². The SMILES string of the molecule is CCC(=O)NCCCC(=O)N1CCN(Cc2ccc3c(c2)CN(C(=O)c2cc(C(C)C)c(O)cc2O)C3)CC1. The number of phenolic OH excluding ortho intramolecular Hbond substituents is 2. The molecule has 9 heteroatoms. The normalized spacial score (nSPS) is 15.5. The van der Waals surface area contributed by atoms with E-state index in [9.17, 15) is 24.6 Å². The fourth-order valence-corrected chi connectivity index (χ4v) is 5.25. The highest BCUT2D eigenvalue weighted by Gasteiger charge is 2.28. The van der Waals surface area contributed by atoms with Gasteiger partial charge in [-0.15, -0.1) is 0 Å². The summed E-state index contributed by atoms with van der Waals surface area (Å²) in [4.78, 5) is 43.1. The van der Waals surface area contributed by atoms with Gasteiger partial charge in [0, 0.05) is 71.3 Å². The standard InChI is InChI=1S/C30H40N4O5/c1-4-28(37)31-9-5-6-29(38)33-12-10-32(11-13-33)17-21-7-8-22-18-34(19-23(22)14-21)30(39)25-15-24(20(2)3)26(35)16-27(25)36/h7-8,14-16,20,35-36H,4-6,9-13,17-19H2,1-3H3,(H,31,37). The zero-order valence-electron chi connectivity index (χ0n) is 23.2. The van der Waals surface area contributed by atoms with Crippen molar-refractivity contribution in [2.24, 2.45) is 0 Å². The van der Waals surface area contributed by atoms with E-state index in [0.717, 1.165) is 30.8 Å². The number of rotatable bonds is 9. The van der Waals surface area contributed by atoms with Gasteiger partial charge >= 0.3 is 0 Å². The average molecular weight is 537 g/mol. The minimum atomic E-state index is -0.249. The van der Waals surface area contributed by atoms with Crippen LogP contribution in [0.3, 0.4) is 0 Å². The molecule has 210 valence electrons. The largest absolute Gasteiger partial charge is 0.508 e. The average Bonchev–Trinajstić information content (AvgIpc) is 3.34. The number of phenols is 2. The van der Waals surface area contributed by atoms with E-state index in [2.05, 4.69) is 28.4 Å². The van der Waals surface area contributed by atoms with Crippen molar-refractivity contribution < 1.29 is 24.6 Å². The Bertz CT molecular complexity index is 1220. The summed E-state index contributed by atoms with van der Waals surface area (Å²) in [7, 11) is 0. The van der Waals surface area contributed by atoms with Gasteiger partial charge in [-0.1, -0.05) is 39.0 Å². The lowest BCUT2D eigenvalue weighted by Gasteiger charge is -2.35. The molecule has 4 rings (SSSR count). The molecule has 2 aliphatic heterocycles. The first-order valence-corrected chi connectivity index (χ1v) is 13.9. The summed E-state index contributed by atoms with van der Waals surface area (Å²) in [5.41, 5.74) is 4.22. The second kappa shape index (κ2) is 12.5. The second-order valence-electron chi connectivity index (χ2n) is 10.8. The molecule has 0 bridgehead atoms. The van der Waals surface area contributed by atoms with E-state index < -0.39 is 0 Å². The number of nitrogens with one attached hydrogen (secondary N) is 1. The fraction of sp³-hybridized carbons (Fsp3) is 0.500. The Kier molecular flexibility index (Phi) is 9.12. The maximum atomic E-state index is 13.3. The first-order valence-electron chi connectivity index (χ1n) is 13.9. The summed E-state index contributed by atoms with van der Waals surface area (Å²) in [6.07, 6.45) is 1.56. The molecular formula is C30H40N4O5. The number of fused-ring (bicyclic) bond motifs is 1. The third kappa shape index (κ3) is 6.89. The number of hydrogen-bond acceptors (Lipinski definition) is 6. The minimum Gasteiger partial charge on any atom is -0.508 e. The van der Waals surface area contributed by atoms with Gasteiger partial charge in [0.05, 0.1) is 5.56 Å². The van der Waals surface area contributed by atoms with Gasteiger partial charge in [-0.25, -0.2) is 0 Å². The number of amides is 3. The zero-order valence-corrected chi connectivity index (χ0v) is 23.2. The molecule has 0 aromatic heterocycles. The van der Waals surface area contributed by atoms with E-state index in [-0.39, 0.29) is 40.7 Å². The molecule has 2 aliphatic rings. The lowest BCUT2D eigenvalue weighted by Crippen LogP contribution is -2.48. The first-order chi connectivity index (χ1) is 18.7. The molecule has 0 radical (unpaired) electrons. The second-order valence-corrected chi connectivity index (χ2v) is 10.8.